The quantitative estimate of drug-likeness (QED) is 0.650. The van der Waals surface area contributed by atoms with E-state index in [0.717, 1.165) is 38.2 Å². The highest BCUT2D eigenvalue weighted by Gasteiger charge is 1.97. The maximum Gasteiger partial charge on any atom is 0.146 e. The predicted molar refractivity (Wildman–Crippen MR) is 89.5 cm³/mol. The summed E-state index contributed by atoms with van der Waals surface area (Å²) in [6, 6.07) is 13.7. The zero-order valence-electron chi connectivity index (χ0n) is 12.5. The van der Waals surface area contributed by atoms with Gasteiger partial charge in [0.25, 0.3) is 0 Å². The molecule has 0 radical (unpaired) electrons. The molecule has 0 aliphatic heterocycles. The van der Waals surface area contributed by atoms with Crippen molar-refractivity contribution in [1.29, 1.82) is 5.26 Å². The Morgan fingerprint density at radius 2 is 1.91 bits per heavy atom. The Morgan fingerprint density at radius 1 is 1.09 bits per heavy atom. The smallest absolute Gasteiger partial charge is 0.146 e. The van der Waals surface area contributed by atoms with Crippen molar-refractivity contribution in [3.8, 4) is 6.07 Å². The number of nitrogen functional groups attached to an aromatic ring is 1. The van der Waals surface area contributed by atoms with E-state index in [1.807, 2.05) is 36.4 Å². The van der Waals surface area contributed by atoms with Crippen molar-refractivity contribution in [2.45, 2.75) is 12.8 Å². The van der Waals surface area contributed by atoms with E-state index in [4.69, 9.17) is 11.0 Å². The summed E-state index contributed by atoms with van der Waals surface area (Å²) in [4.78, 5) is 4.03. The average Bonchev–Trinajstić information content (AvgIpc) is 2.56. The Bertz CT molecular complexity index is 616. The molecule has 0 spiro atoms. The lowest BCUT2D eigenvalue weighted by Gasteiger charge is -2.09. The van der Waals surface area contributed by atoms with E-state index in [1.54, 1.807) is 6.20 Å². The molecule has 22 heavy (non-hydrogen) atoms. The summed E-state index contributed by atoms with van der Waals surface area (Å²) in [7, 11) is 0. The summed E-state index contributed by atoms with van der Waals surface area (Å²) in [5, 5.41) is 15.4. The summed E-state index contributed by atoms with van der Waals surface area (Å²) in [5.74, 6) is 0.538. The molecule has 2 rings (SSSR count). The summed E-state index contributed by atoms with van der Waals surface area (Å²) >= 11 is 0. The number of nitriles is 1. The first-order chi connectivity index (χ1) is 10.8. The summed E-state index contributed by atoms with van der Waals surface area (Å²) in [6.45, 7) is 2.74. The maximum atomic E-state index is 8.74. The molecule has 0 bridgehead atoms. The van der Waals surface area contributed by atoms with Crippen molar-refractivity contribution in [3.05, 3.63) is 53.7 Å². The lowest BCUT2D eigenvalue weighted by Crippen LogP contribution is -2.20. The second-order valence-corrected chi connectivity index (χ2v) is 5.03. The summed E-state index contributed by atoms with van der Waals surface area (Å²) in [6.07, 6.45) is 3.67. The minimum absolute atomic E-state index is 0.538. The maximum absolute atomic E-state index is 8.74. The van der Waals surface area contributed by atoms with Crippen LogP contribution in [0.1, 0.15) is 17.5 Å². The molecule has 0 unspecified atom stereocenters. The van der Waals surface area contributed by atoms with Crippen LogP contribution >= 0.6 is 0 Å². The molecule has 5 nitrogen and oxygen atoms in total. The molecule has 0 saturated heterocycles. The topological polar surface area (TPSA) is 86.8 Å². The number of nitrogens with one attached hydrogen (secondary N) is 2. The van der Waals surface area contributed by atoms with Crippen LogP contribution in [0.2, 0.25) is 0 Å². The number of aromatic nitrogens is 1. The molecule has 114 valence electrons. The van der Waals surface area contributed by atoms with E-state index < -0.39 is 0 Å². The Balaban J connectivity index is 1.56. The number of nitrogens with zero attached hydrogens (tertiary/aromatic N) is 2. The molecular weight excluding hydrogens is 274 g/mol. The molecule has 4 N–H and O–H groups in total. The van der Waals surface area contributed by atoms with E-state index in [0.29, 0.717) is 11.4 Å². The third kappa shape index (κ3) is 5.08. The van der Waals surface area contributed by atoms with E-state index in [-0.39, 0.29) is 0 Å². The van der Waals surface area contributed by atoms with Crippen LogP contribution in [0, 0.1) is 11.3 Å². The van der Waals surface area contributed by atoms with Crippen molar-refractivity contribution >= 4 is 11.5 Å². The predicted octanol–water partition coefficient (Wildman–Crippen LogP) is 2.17. The number of hydrogen-bond acceptors (Lipinski definition) is 5. The van der Waals surface area contributed by atoms with Crippen LogP contribution in [0.25, 0.3) is 0 Å². The number of hydrogen-bond donors (Lipinski definition) is 3. The highest BCUT2D eigenvalue weighted by Crippen LogP contribution is 2.12. The van der Waals surface area contributed by atoms with Gasteiger partial charge in [0.2, 0.25) is 0 Å². The van der Waals surface area contributed by atoms with Crippen LogP contribution in [0.3, 0.4) is 0 Å². The average molecular weight is 295 g/mol. The number of benzene rings is 1. The summed E-state index contributed by atoms with van der Waals surface area (Å²) < 4.78 is 0. The molecule has 0 atom stereocenters. The Kier molecular flexibility index (Phi) is 6.21. The number of rotatable bonds is 8. The Morgan fingerprint density at radius 3 is 2.64 bits per heavy atom. The van der Waals surface area contributed by atoms with Gasteiger partial charge in [0.15, 0.2) is 0 Å². The van der Waals surface area contributed by atoms with Gasteiger partial charge in [-0.1, -0.05) is 12.1 Å². The normalized spacial score (nSPS) is 10.1. The molecule has 0 aliphatic carbocycles. The van der Waals surface area contributed by atoms with Crippen LogP contribution in [-0.2, 0) is 6.42 Å². The molecule has 5 heteroatoms. The second-order valence-electron chi connectivity index (χ2n) is 5.03. The third-order valence-electron chi connectivity index (χ3n) is 3.36. The van der Waals surface area contributed by atoms with Crippen LogP contribution in [0.4, 0.5) is 11.5 Å². The molecule has 0 amide bonds. The lowest BCUT2D eigenvalue weighted by molar-refractivity contribution is 0.660. The first-order valence-electron chi connectivity index (χ1n) is 7.44. The van der Waals surface area contributed by atoms with E-state index >= 15 is 0 Å². The first kappa shape index (κ1) is 15.8. The highest BCUT2D eigenvalue weighted by molar-refractivity contribution is 5.60. The third-order valence-corrected chi connectivity index (χ3v) is 3.36. The minimum Gasteiger partial charge on any atom is -0.382 e. The van der Waals surface area contributed by atoms with Gasteiger partial charge >= 0.3 is 0 Å². The number of anilines is 2. The van der Waals surface area contributed by atoms with Crippen molar-refractivity contribution in [2.24, 2.45) is 0 Å². The van der Waals surface area contributed by atoms with Crippen LogP contribution in [0.5, 0.6) is 0 Å². The molecule has 1 aromatic heterocycles. The van der Waals surface area contributed by atoms with Gasteiger partial charge in [-0.2, -0.15) is 5.26 Å². The van der Waals surface area contributed by atoms with Gasteiger partial charge in [0, 0.05) is 12.7 Å². The van der Waals surface area contributed by atoms with Gasteiger partial charge in [0.1, 0.15) is 5.82 Å². The fourth-order valence-electron chi connectivity index (χ4n) is 2.11. The van der Waals surface area contributed by atoms with E-state index in [2.05, 4.69) is 21.7 Å². The number of nitrogens with two attached hydrogens (primary N) is 1. The fourth-order valence-corrected chi connectivity index (χ4v) is 2.11. The second kappa shape index (κ2) is 8.65. The van der Waals surface area contributed by atoms with Crippen LogP contribution in [0.15, 0.2) is 42.6 Å². The van der Waals surface area contributed by atoms with Gasteiger partial charge < -0.3 is 16.4 Å². The highest BCUT2D eigenvalue weighted by atomic mass is 15.0. The number of pyridine rings is 1. The van der Waals surface area contributed by atoms with Crippen molar-refractivity contribution in [3.63, 3.8) is 0 Å². The van der Waals surface area contributed by atoms with Gasteiger partial charge in [-0.15, -0.1) is 0 Å². The lowest BCUT2D eigenvalue weighted by atomic mass is 10.1. The Hall–Kier alpha value is -2.58. The minimum atomic E-state index is 0.538. The van der Waals surface area contributed by atoms with Crippen molar-refractivity contribution in [2.75, 3.05) is 30.7 Å². The SMILES string of the molecule is N#Cc1ccc(CCNCCCNc2cccnc2N)cc1. The van der Waals surface area contributed by atoms with Crippen molar-refractivity contribution < 1.29 is 0 Å². The first-order valence-corrected chi connectivity index (χ1v) is 7.44. The van der Waals surface area contributed by atoms with E-state index in [9.17, 15) is 0 Å². The monoisotopic (exact) mass is 295 g/mol. The molecule has 0 saturated carbocycles. The molecular formula is C17H21N5. The molecule has 1 heterocycles. The molecule has 0 aliphatic rings. The van der Waals surface area contributed by atoms with Gasteiger partial charge in [0.05, 0.1) is 17.3 Å². The van der Waals surface area contributed by atoms with Crippen molar-refractivity contribution in [1.82, 2.24) is 10.3 Å². The molecule has 2 aromatic rings. The standard InChI is InChI=1S/C17H21N5/c18-13-15-6-4-14(5-7-15)8-12-20-9-2-11-21-16-3-1-10-22-17(16)19/h1,3-7,10,20-21H,2,8-9,11-12H2,(H2,19,22). The van der Waals surface area contributed by atoms with Gasteiger partial charge in [-0.05, 0) is 55.8 Å². The van der Waals surface area contributed by atoms with Gasteiger partial charge in [-0.3, -0.25) is 0 Å². The molecule has 0 fully saturated rings. The Labute approximate surface area is 131 Å². The van der Waals surface area contributed by atoms with Gasteiger partial charge in [-0.25, -0.2) is 4.98 Å². The van der Waals surface area contributed by atoms with Crippen LogP contribution < -0.4 is 16.4 Å². The fraction of sp³-hybridized carbons (Fsp3) is 0.294. The van der Waals surface area contributed by atoms with E-state index in [1.165, 1.54) is 5.56 Å². The zero-order valence-corrected chi connectivity index (χ0v) is 12.5. The van der Waals surface area contributed by atoms with Crippen LogP contribution in [-0.4, -0.2) is 24.6 Å². The largest absolute Gasteiger partial charge is 0.382 e. The zero-order chi connectivity index (χ0) is 15.6. The molecule has 1 aromatic carbocycles. The summed E-state index contributed by atoms with van der Waals surface area (Å²) in [5.41, 5.74) is 8.60.